The summed E-state index contributed by atoms with van der Waals surface area (Å²) in [6.45, 7) is 6.32. The van der Waals surface area contributed by atoms with E-state index in [4.69, 9.17) is 10.7 Å². The van der Waals surface area contributed by atoms with Crippen LogP contribution in [0.1, 0.15) is 30.0 Å². The van der Waals surface area contributed by atoms with E-state index in [2.05, 4.69) is 64.4 Å². The van der Waals surface area contributed by atoms with Gasteiger partial charge in [0, 0.05) is 40.7 Å². The summed E-state index contributed by atoms with van der Waals surface area (Å²) < 4.78 is 2.09. The molecule has 0 radical (unpaired) electrons. The number of piperidine rings is 1. The van der Waals surface area contributed by atoms with Crippen LogP contribution < -0.4 is 11.1 Å². The molecule has 0 saturated carbocycles. The van der Waals surface area contributed by atoms with Gasteiger partial charge >= 0.3 is 0 Å². The number of rotatable bonds is 3. The number of nitrogens with zero attached hydrogens (tertiary/aromatic N) is 4. The number of aromatic nitrogens is 4. The van der Waals surface area contributed by atoms with E-state index in [-0.39, 0.29) is 0 Å². The Morgan fingerprint density at radius 1 is 0.933 bits per heavy atom. The van der Waals surface area contributed by atoms with E-state index >= 15 is 0 Å². The monoisotopic (exact) mass is 398 g/mol. The molecule has 0 spiro atoms. The van der Waals surface area contributed by atoms with Crippen LogP contribution in [-0.4, -0.2) is 32.8 Å². The van der Waals surface area contributed by atoms with Crippen LogP contribution in [-0.2, 0) is 0 Å². The predicted molar refractivity (Wildman–Crippen MR) is 121 cm³/mol. The number of anilines is 1. The predicted octanol–water partition coefficient (Wildman–Crippen LogP) is 4.28. The van der Waals surface area contributed by atoms with Crippen LogP contribution in [0.3, 0.4) is 0 Å². The van der Waals surface area contributed by atoms with Crippen LogP contribution in [0.2, 0.25) is 0 Å². The van der Waals surface area contributed by atoms with E-state index in [0.29, 0.717) is 11.9 Å². The minimum absolute atomic E-state index is 0.453. The lowest BCUT2D eigenvalue weighted by Crippen LogP contribution is -2.29. The molecule has 1 saturated heterocycles. The Labute approximate surface area is 176 Å². The van der Waals surface area contributed by atoms with Gasteiger partial charge in [-0.25, -0.2) is 4.98 Å². The Hall–Kier alpha value is -3.25. The average Bonchev–Trinajstić information content (AvgIpc) is 3.27. The topological polar surface area (TPSA) is 81.7 Å². The largest absolute Gasteiger partial charge is 0.383 e. The molecule has 6 heteroatoms. The molecule has 1 aliphatic heterocycles. The fraction of sp³-hybridized carbons (Fsp3) is 0.292. The molecule has 1 fully saturated rings. The van der Waals surface area contributed by atoms with Gasteiger partial charge in [0.1, 0.15) is 5.82 Å². The van der Waals surface area contributed by atoms with Crippen LogP contribution in [0.4, 0.5) is 5.82 Å². The number of nitrogen functional groups attached to an aromatic ring is 1. The molecular weight excluding hydrogens is 372 g/mol. The first kappa shape index (κ1) is 18.8. The number of pyridine rings is 2. The molecule has 0 amide bonds. The highest BCUT2D eigenvalue weighted by Gasteiger charge is 2.17. The van der Waals surface area contributed by atoms with Gasteiger partial charge in [0.15, 0.2) is 0 Å². The molecule has 0 aliphatic carbocycles. The highest BCUT2D eigenvalue weighted by atomic mass is 15.3. The zero-order valence-electron chi connectivity index (χ0n) is 17.4. The smallest absolute Gasteiger partial charge is 0.132 e. The summed E-state index contributed by atoms with van der Waals surface area (Å²) in [5.41, 5.74) is 12.5. The molecule has 3 aromatic heterocycles. The van der Waals surface area contributed by atoms with Crippen molar-refractivity contribution in [1.82, 2.24) is 25.1 Å². The Balaban J connectivity index is 1.54. The SMILES string of the molecule is Cc1ccc(C)c2cc(-c3cc(-c4cnn(C5CCNCC5)c4)cnc3N)ncc12. The summed E-state index contributed by atoms with van der Waals surface area (Å²) >= 11 is 0. The van der Waals surface area contributed by atoms with Gasteiger partial charge in [0.05, 0.1) is 17.9 Å². The van der Waals surface area contributed by atoms with Crippen molar-refractivity contribution in [2.45, 2.75) is 32.7 Å². The fourth-order valence-electron chi connectivity index (χ4n) is 4.27. The quantitative estimate of drug-likeness (QED) is 0.538. The lowest BCUT2D eigenvalue weighted by molar-refractivity contribution is 0.343. The molecular formula is C24H26N6. The van der Waals surface area contributed by atoms with Crippen LogP contribution >= 0.6 is 0 Å². The van der Waals surface area contributed by atoms with Gasteiger partial charge < -0.3 is 11.1 Å². The molecule has 1 aliphatic rings. The van der Waals surface area contributed by atoms with E-state index < -0.39 is 0 Å². The van der Waals surface area contributed by atoms with Crippen molar-refractivity contribution in [3.63, 3.8) is 0 Å². The van der Waals surface area contributed by atoms with Crippen molar-refractivity contribution >= 4 is 16.6 Å². The number of fused-ring (bicyclic) bond motifs is 1. The molecule has 0 atom stereocenters. The first-order valence-corrected chi connectivity index (χ1v) is 10.5. The van der Waals surface area contributed by atoms with Gasteiger partial charge in [0.2, 0.25) is 0 Å². The summed E-state index contributed by atoms with van der Waals surface area (Å²) in [7, 11) is 0. The Bertz CT molecular complexity index is 1220. The normalized spacial score (nSPS) is 15.0. The maximum Gasteiger partial charge on any atom is 0.132 e. The number of nitrogens with two attached hydrogens (primary N) is 1. The van der Waals surface area contributed by atoms with Gasteiger partial charge in [-0.05, 0) is 68.4 Å². The van der Waals surface area contributed by atoms with Gasteiger partial charge in [-0.2, -0.15) is 5.10 Å². The number of aryl methyl sites for hydroxylation is 2. The number of hydrogen-bond donors (Lipinski definition) is 2. The summed E-state index contributed by atoms with van der Waals surface area (Å²) in [5.74, 6) is 0.488. The molecule has 6 nitrogen and oxygen atoms in total. The lowest BCUT2D eigenvalue weighted by Gasteiger charge is -2.22. The van der Waals surface area contributed by atoms with E-state index in [9.17, 15) is 0 Å². The van der Waals surface area contributed by atoms with E-state index in [1.807, 2.05) is 18.6 Å². The molecule has 152 valence electrons. The fourth-order valence-corrected chi connectivity index (χ4v) is 4.27. The summed E-state index contributed by atoms with van der Waals surface area (Å²) in [6, 6.07) is 8.93. The molecule has 4 heterocycles. The van der Waals surface area contributed by atoms with E-state index in [1.54, 1.807) is 0 Å². The van der Waals surface area contributed by atoms with Crippen LogP contribution in [0.25, 0.3) is 33.2 Å². The van der Waals surface area contributed by atoms with Gasteiger partial charge in [-0.3, -0.25) is 9.67 Å². The zero-order valence-corrected chi connectivity index (χ0v) is 17.4. The highest BCUT2D eigenvalue weighted by molar-refractivity contribution is 5.91. The molecule has 4 aromatic rings. The van der Waals surface area contributed by atoms with Crippen molar-refractivity contribution in [2.75, 3.05) is 18.8 Å². The molecule has 1 aromatic carbocycles. The van der Waals surface area contributed by atoms with E-state index in [1.165, 1.54) is 21.9 Å². The standard InChI is InChI=1S/C24H26N6/c1-15-3-4-16(2)22-13-27-23(10-20(15)22)21-9-17(11-28-24(21)25)18-12-29-30(14-18)19-5-7-26-8-6-19/h3-4,9-14,19,26H,5-8H2,1-2H3,(H2,25,28). The Kier molecular flexibility index (Phi) is 4.71. The van der Waals surface area contributed by atoms with Crippen molar-refractivity contribution in [3.05, 3.63) is 60.2 Å². The second kappa shape index (κ2) is 7.54. The first-order valence-electron chi connectivity index (χ1n) is 10.5. The number of hydrogen-bond acceptors (Lipinski definition) is 5. The van der Waals surface area contributed by atoms with Crippen molar-refractivity contribution < 1.29 is 0 Å². The van der Waals surface area contributed by atoms with Crippen molar-refractivity contribution in [2.24, 2.45) is 0 Å². The minimum Gasteiger partial charge on any atom is -0.383 e. The number of benzene rings is 1. The van der Waals surface area contributed by atoms with Gasteiger partial charge in [-0.1, -0.05) is 12.1 Å². The highest BCUT2D eigenvalue weighted by Crippen LogP contribution is 2.32. The van der Waals surface area contributed by atoms with Crippen LogP contribution in [0.15, 0.2) is 49.1 Å². The second-order valence-electron chi connectivity index (χ2n) is 8.16. The molecule has 3 N–H and O–H groups in total. The third-order valence-corrected chi connectivity index (χ3v) is 6.15. The van der Waals surface area contributed by atoms with Gasteiger partial charge in [-0.15, -0.1) is 0 Å². The first-order chi connectivity index (χ1) is 14.6. The third kappa shape index (κ3) is 3.33. The van der Waals surface area contributed by atoms with E-state index in [0.717, 1.165) is 48.3 Å². The third-order valence-electron chi connectivity index (χ3n) is 6.15. The average molecular weight is 399 g/mol. The Morgan fingerprint density at radius 2 is 1.70 bits per heavy atom. The second-order valence-corrected chi connectivity index (χ2v) is 8.16. The maximum absolute atomic E-state index is 6.25. The molecule has 0 bridgehead atoms. The van der Waals surface area contributed by atoms with Crippen molar-refractivity contribution in [1.29, 1.82) is 0 Å². The molecule has 0 unspecified atom stereocenters. The lowest BCUT2D eigenvalue weighted by atomic mass is 10.00. The van der Waals surface area contributed by atoms with Gasteiger partial charge in [0.25, 0.3) is 0 Å². The van der Waals surface area contributed by atoms with Crippen LogP contribution in [0, 0.1) is 13.8 Å². The maximum atomic E-state index is 6.25. The summed E-state index contributed by atoms with van der Waals surface area (Å²) in [6.07, 6.45) is 10.0. The molecule has 5 rings (SSSR count). The minimum atomic E-state index is 0.453. The molecule has 30 heavy (non-hydrogen) atoms. The Morgan fingerprint density at radius 3 is 2.50 bits per heavy atom. The number of nitrogens with one attached hydrogen (secondary N) is 1. The van der Waals surface area contributed by atoms with Crippen LogP contribution in [0.5, 0.6) is 0 Å². The summed E-state index contributed by atoms with van der Waals surface area (Å²) in [4.78, 5) is 9.17. The zero-order chi connectivity index (χ0) is 20.7. The summed E-state index contributed by atoms with van der Waals surface area (Å²) in [5, 5.41) is 10.4. The van der Waals surface area contributed by atoms with Crippen molar-refractivity contribution in [3.8, 4) is 22.4 Å².